The number of benzene rings is 1. The first-order chi connectivity index (χ1) is 10.6. The number of hydrogen-bond donors (Lipinski definition) is 1. The molecule has 0 unspecified atom stereocenters. The van der Waals surface area contributed by atoms with Crippen molar-refractivity contribution in [2.45, 2.75) is 32.1 Å². The average Bonchev–Trinajstić information content (AvgIpc) is 2.97. The molecule has 2 saturated heterocycles. The Labute approximate surface area is 141 Å². The highest BCUT2D eigenvalue weighted by molar-refractivity contribution is 5.85. The fraction of sp³-hybridized carbons (Fsp3) is 0.588. The van der Waals surface area contributed by atoms with Crippen LogP contribution in [0.5, 0.6) is 0 Å². The van der Waals surface area contributed by atoms with Crippen LogP contribution in [0.4, 0.5) is 8.78 Å². The van der Waals surface area contributed by atoms with Gasteiger partial charge in [-0.3, -0.25) is 4.79 Å². The first kappa shape index (κ1) is 18.1. The second-order valence-corrected chi connectivity index (χ2v) is 6.54. The smallest absolute Gasteiger partial charge is 0.222 e. The van der Waals surface area contributed by atoms with E-state index in [-0.39, 0.29) is 36.7 Å². The van der Waals surface area contributed by atoms with Crippen molar-refractivity contribution in [1.29, 1.82) is 0 Å². The molecule has 0 bridgehead atoms. The molecule has 1 amide bonds. The molecule has 128 valence electrons. The summed E-state index contributed by atoms with van der Waals surface area (Å²) in [6.45, 7) is 3.70. The highest BCUT2D eigenvalue weighted by Crippen LogP contribution is 2.37. The predicted molar refractivity (Wildman–Crippen MR) is 87.7 cm³/mol. The van der Waals surface area contributed by atoms with E-state index in [0.717, 1.165) is 51.2 Å². The van der Waals surface area contributed by atoms with Crippen LogP contribution in [-0.2, 0) is 11.2 Å². The van der Waals surface area contributed by atoms with Gasteiger partial charge in [0.05, 0.1) is 0 Å². The zero-order chi connectivity index (χ0) is 15.6. The molecule has 6 heteroatoms. The standard InChI is InChI=1S/C17H22F2N2O.ClH/c18-14-2-3-15(19)13(11-14)1-4-16(22)21-9-6-17(7-10-21)5-8-20-12-17;/h2-3,11,20H,1,4-10,12H2;1H. The molecule has 1 aromatic rings. The first-order valence-electron chi connectivity index (χ1n) is 8.00. The van der Waals surface area contributed by atoms with E-state index in [4.69, 9.17) is 0 Å². The summed E-state index contributed by atoms with van der Waals surface area (Å²) in [5, 5.41) is 3.40. The van der Waals surface area contributed by atoms with Crippen molar-refractivity contribution in [1.82, 2.24) is 10.2 Å². The molecule has 2 fully saturated rings. The molecule has 1 N–H and O–H groups in total. The summed E-state index contributed by atoms with van der Waals surface area (Å²) in [6, 6.07) is 3.39. The van der Waals surface area contributed by atoms with Crippen LogP contribution in [-0.4, -0.2) is 37.0 Å². The first-order valence-corrected chi connectivity index (χ1v) is 8.00. The van der Waals surface area contributed by atoms with Gasteiger partial charge in [0.25, 0.3) is 0 Å². The minimum Gasteiger partial charge on any atom is -0.343 e. The molecule has 0 saturated carbocycles. The van der Waals surface area contributed by atoms with Gasteiger partial charge in [-0.15, -0.1) is 12.4 Å². The fourth-order valence-electron chi connectivity index (χ4n) is 3.59. The van der Waals surface area contributed by atoms with Crippen LogP contribution in [0.1, 0.15) is 31.2 Å². The third-order valence-corrected chi connectivity index (χ3v) is 5.12. The Kier molecular flexibility index (Phi) is 5.98. The van der Waals surface area contributed by atoms with Crippen molar-refractivity contribution < 1.29 is 13.6 Å². The van der Waals surface area contributed by atoms with Crippen molar-refractivity contribution >= 4 is 18.3 Å². The number of aryl methyl sites for hydroxylation is 1. The van der Waals surface area contributed by atoms with Crippen molar-refractivity contribution in [3.8, 4) is 0 Å². The number of likely N-dealkylation sites (tertiary alicyclic amines) is 1. The molecule has 3 nitrogen and oxygen atoms in total. The Hall–Kier alpha value is -1.20. The van der Waals surface area contributed by atoms with Crippen LogP contribution in [0.15, 0.2) is 18.2 Å². The molecule has 1 aromatic carbocycles. The molecule has 2 heterocycles. The van der Waals surface area contributed by atoms with Gasteiger partial charge in [-0.25, -0.2) is 8.78 Å². The van der Waals surface area contributed by atoms with Crippen molar-refractivity contribution in [2.24, 2.45) is 5.41 Å². The summed E-state index contributed by atoms with van der Waals surface area (Å²) in [6.07, 6.45) is 3.78. The molecule has 23 heavy (non-hydrogen) atoms. The lowest BCUT2D eigenvalue weighted by Gasteiger charge is -2.39. The summed E-state index contributed by atoms with van der Waals surface area (Å²) < 4.78 is 26.7. The normalized spacial score (nSPS) is 19.7. The number of amides is 1. The van der Waals surface area contributed by atoms with Gasteiger partial charge in [0, 0.05) is 26.1 Å². The Morgan fingerprint density at radius 1 is 1.22 bits per heavy atom. The number of nitrogens with one attached hydrogen (secondary N) is 1. The average molecular weight is 345 g/mol. The van der Waals surface area contributed by atoms with E-state index >= 15 is 0 Å². The number of halogens is 3. The van der Waals surface area contributed by atoms with Gasteiger partial charge in [-0.1, -0.05) is 0 Å². The second kappa shape index (κ2) is 7.58. The lowest BCUT2D eigenvalue weighted by Crippen LogP contribution is -2.44. The van der Waals surface area contributed by atoms with Gasteiger partial charge in [-0.2, -0.15) is 0 Å². The molecule has 1 spiro atoms. The van der Waals surface area contributed by atoms with Crippen LogP contribution in [0.25, 0.3) is 0 Å². The van der Waals surface area contributed by atoms with E-state index in [1.54, 1.807) is 0 Å². The van der Waals surface area contributed by atoms with Crippen LogP contribution in [0.2, 0.25) is 0 Å². The van der Waals surface area contributed by atoms with Gasteiger partial charge in [0.2, 0.25) is 5.91 Å². The number of hydrogen-bond acceptors (Lipinski definition) is 2. The number of piperidine rings is 1. The summed E-state index contributed by atoms with van der Waals surface area (Å²) in [5.41, 5.74) is 0.660. The molecule has 3 rings (SSSR count). The van der Waals surface area contributed by atoms with E-state index in [9.17, 15) is 13.6 Å². The third-order valence-electron chi connectivity index (χ3n) is 5.12. The van der Waals surface area contributed by atoms with E-state index in [2.05, 4.69) is 5.32 Å². The third kappa shape index (κ3) is 4.21. The maximum Gasteiger partial charge on any atom is 0.222 e. The van der Waals surface area contributed by atoms with Crippen molar-refractivity contribution in [3.63, 3.8) is 0 Å². The van der Waals surface area contributed by atoms with Gasteiger partial charge >= 0.3 is 0 Å². The predicted octanol–water partition coefficient (Wildman–Crippen LogP) is 2.92. The summed E-state index contributed by atoms with van der Waals surface area (Å²) in [4.78, 5) is 14.1. The van der Waals surface area contributed by atoms with Crippen molar-refractivity contribution in [3.05, 3.63) is 35.4 Å². The minimum absolute atomic E-state index is 0. The lowest BCUT2D eigenvalue weighted by molar-refractivity contribution is -0.133. The Morgan fingerprint density at radius 3 is 2.61 bits per heavy atom. The minimum atomic E-state index is -0.461. The number of rotatable bonds is 3. The van der Waals surface area contributed by atoms with Crippen LogP contribution < -0.4 is 5.32 Å². The molecule has 2 aliphatic heterocycles. The highest BCUT2D eigenvalue weighted by atomic mass is 35.5. The number of nitrogens with zero attached hydrogens (tertiary/aromatic N) is 1. The van der Waals surface area contributed by atoms with E-state index in [0.29, 0.717) is 5.41 Å². The van der Waals surface area contributed by atoms with Gasteiger partial charge in [0.1, 0.15) is 11.6 Å². The largest absolute Gasteiger partial charge is 0.343 e. The SMILES string of the molecule is Cl.O=C(CCc1cc(F)ccc1F)N1CCC2(CCNC2)CC1. The molecule has 0 aromatic heterocycles. The molecule has 0 aliphatic carbocycles. The number of carbonyl (C=O) groups excluding carboxylic acids is 1. The molecular formula is C17H23ClF2N2O. The van der Waals surface area contributed by atoms with Crippen LogP contribution in [0, 0.1) is 17.0 Å². The molecule has 0 atom stereocenters. The van der Waals surface area contributed by atoms with E-state index in [1.807, 2.05) is 4.90 Å². The van der Waals surface area contributed by atoms with Crippen LogP contribution in [0.3, 0.4) is 0 Å². The molecular weight excluding hydrogens is 322 g/mol. The molecule has 0 radical (unpaired) electrons. The topological polar surface area (TPSA) is 32.3 Å². The van der Waals surface area contributed by atoms with Gasteiger partial charge < -0.3 is 10.2 Å². The zero-order valence-corrected chi connectivity index (χ0v) is 13.9. The second-order valence-electron chi connectivity index (χ2n) is 6.54. The zero-order valence-electron chi connectivity index (χ0n) is 13.1. The van der Waals surface area contributed by atoms with Crippen LogP contribution >= 0.6 is 12.4 Å². The lowest BCUT2D eigenvalue weighted by atomic mass is 9.78. The van der Waals surface area contributed by atoms with E-state index in [1.165, 1.54) is 12.5 Å². The highest BCUT2D eigenvalue weighted by Gasteiger charge is 2.37. The maximum atomic E-state index is 13.6. The summed E-state index contributed by atoms with van der Waals surface area (Å²) in [7, 11) is 0. The Bertz CT molecular complexity index is 552. The van der Waals surface area contributed by atoms with Crippen molar-refractivity contribution in [2.75, 3.05) is 26.2 Å². The fourth-order valence-corrected chi connectivity index (χ4v) is 3.59. The Balaban J connectivity index is 0.00000192. The summed E-state index contributed by atoms with van der Waals surface area (Å²) >= 11 is 0. The quantitative estimate of drug-likeness (QED) is 0.914. The summed E-state index contributed by atoms with van der Waals surface area (Å²) in [5.74, 6) is -0.856. The molecule has 2 aliphatic rings. The Morgan fingerprint density at radius 2 is 1.96 bits per heavy atom. The number of carbonyl (C=O) groups is 1. The van der Waals surface area contributed by atoms with Gasteiger partial charge in [-0.05, 0) is 61.4 Å². The maximum absolute atomic E-state index is 13.6. The van der Waals surface area contributed by atoms with Gasteiger partial charge in [0.15, 0.2) is 0 Å². The van der Waals surface area contributed by atoms with E-state index < -0.39 is 11.6 Å². The monoisotopic (exact) mass is 344 g/mol.